The van der Waals surface area contributed by atoms with Gasteiger partial charge in [0.2, 0.25) is 0 Å². The lowest BCUT2D eigenvalue weighted by Crippen LogP contribution is -2.53. The maximum atomic E-state index is 12.6. The Kier molecular flexibility index (Phi) is 7.41. The number of nitriles is 1. The number of amides is 2. The fourth-order valence-electron chi connectivity index (χ4n) is 4.64. The fraction of sp³-hybridized carbons (Fsp3) is 0.538. The van der Waals surface area contributed by atoms with Gasteiger partial charge in [-0.05, 0) is 44.4 Å². The molecule has 2 aliphatic heterocycles. The third-order valence-electron chi connectivity index (χ3n) is 6.63. The molecule has 0 spiro atoms. The highest BCUT2D eigenvalue weighted by Crippen LogP contribution is 2.36. The van der Waals surface area contributed by atoms with E-state index in [9.17, 15) is 14.9 Å². The molecule has 2 amide bonds. The minimum Gasteiger partial charge on any atom is -0.467 e. The van der Waals surface area contributed by atoms with E-state index in [2.05, 4.69) is 23.2 Å². The van der Waals surface area contributed by atoms with Gasteiger partial charge in [0.15, 0.2) is 0 Å². The van der Waals surface area contributed by atoms with Crippen molar-refractivity contribution in [1.29, 1.82) is 5.26 Å². The van der Waals surface area contributed by atoms with Crippen LogP contribution in [0.25, 0.3) is 0 Å². The first-order chi connectivity index (χ1) is 16.8. The second-order valence-corrected chi connectivity index (χ2v) is 9.70. The minimum absolute atomic E-state index is 0.169. The molecule has 0 aromatic carbocycles. The smallest absolute Gasteiger partial charge is 0.312 e. The van der Waals surface area contributed by atoms with Gasteiger partial charge in [-0.15, -0.1) is 0 Å². The third-order valence-corrected chi connectivity index (χ3v) is 6.63. The van der Waals surface area contributed by atoms with E-state index >= 15 is 0 Å². The summed E-state index contributed by atoms with van der Waals surface area (Å²) in [5.74, 6) is 0.0663. The fourth-order valence-corrected chi connectivity index (χ4v) is 4.64. The van der Waals surface area contributed by atoms with E-state index in [0.29, 0.717) is 56.3 Å². The Morgan fingerprint density at radius 1 is 1.23 bits per heavy atom. The average molecular weight is 480 g/mol. The van der Waals surface area contributed by atoms with Crippen molar-refractivity contribution in [2.75, 3.05) is 31.1 Å². The number of nitrogens with zero attached hydrogens (tertiary/aromatic N) is 4. The van der Waals surface area contributed by atoms with Crippen LogP contribution in [0.4, 0.5) is 5.82 Å². The molecular weight excluding hydrogens is 446 g/mol. The van der Waals surface area contributed by atoms with Crippen molar-refractivity contribution in [2.24, 2.45) is 0 Å². The number of ether oxygens (including phenoxy) is 1. The zero-order valence-electron chi connectivity index (χ0n) is 20.7. The number of anilines is 1. The van der Waals surface area contributed by atoms with E-state index in [0.717, 1.165) is 36.1 Å². The van der Waals surface area contributed by atoms with E-state index in [1.165, 1.54) is 6.26 Å². The summed E-state index contributed by atoms with van der Waals surface area (Å²) in [7, 11) is 0. The molecule has 2 aliphatic rings. The Morgan fingerprint density at radius 3 is 2.66 bits per heavy atom. The minimum atomic E-state index is -0.649. The molecule has 0 unspecified atom stereocenters. The number of aromatic nitrogens is 1. The summed E-state index contributed by atoms with van der Waals surface area (Å²) in [6, 6.07) is 5.88. The number of pyridine rings is 1. The number of piperazine rings is 1. The third kappa shape index (κ3) is 5.49. The van der Waals surface area contributed by atoms with Crippen molar-refractivity contribution in [2.45, 2.75) is 65.2 Å². The molecule has 1 saturated heterocycles. The first-order valence-electron chi connectivity index (χ1n) is 12.3. The summed E-state index contributed by atoms with van der Waals surface area (Å²) in [5, 5.41) is 12.7. The van der Waals surface area contributed by atoms with Gasteiger partial charge >= 0.3 is 11.8 Å². The van der Waals surface area contributed by atoms with Crippen molar-refractivity contribution >= 4 is 17.6 Å². The van der Waals surface area contributed by atoms with Gasteiger partial charge in [-0.2, -0.15) is 5.26 Å². The number of fused-ring (bicyclic) bond motifs is 1. The van der Waals surface area contributed by atoms with Crippen molar-refractivity contribution in [3.8, 4) is 6.07 Å². The maximum absolute atomic E-state index is 12.6. The molecule has 0 atom stereocenters. The number of rotatable bonds is 6. The molecule has 35 heavy (non-hydrogen) atoms. The topological polar surface area (TPSA) is 112 Å². The quantitative estimate of drug-likeness (QED) is 0.634. The standard InChI is InChI=1S/C26H33N5O4/c1-4-5-8-22-21-17-35-26(2,3)14-19(21)20(15-27)23(29-22)30-9-11-31(12-10-30)25(33)24(32)28-16-18-7-6-13-34-18/h6-7,13H,4-5,8-12,14,16-17H2,1-3H3,(H,28,32). The van der Waals surface area contributed by atoms with Gasteiger partial charge in [0.1, 0.15) is 17.6 Å². The van der Waals surface area contributed by atoms with Crippen molar-refractivity contribution < 1.29 is 18.7 Å². The zero-order chi connectivity index (χ0) is 25.0. The molecule has 2 aromatic rings. The molecular formula is C26H33N5O4. The Labute approximate surface area is 206 Å². The molecule has 1 N–H and O–H groups in total. The predicted octanol–water partition coefficient (Wildman–Crippen LogP) is 2.71. The summed E-state index contributed by atoms with van der Waals surface area (Å²) in [6.45, 7) is 8.66. The molecule has 4 rings (SSSR count). The molecule has 0 aliphatic carbocycles. The lowest BCUT2D eigenvalue weighted by molar-refractivity contribution is -0.146. The highest BCUT2D eigenvalue weighted by molar-refractivity contribution is 6.35. The Balaban J connectivity index is 1.49. The monoisotopic (exact) mass is 479 g/mol. The number of aryl methyl sites for hydroxylation is 1. The molecule has 2 aromatic heterocycles. The highest BCUT2D eigenvalue weighted by atomic mass is 16.5. The van der Waals surface area contributed by atoms with Crippen LogP contribution in [0.1, 0.15) is 61.8 Å². The summed E-state index contributed by atoms with van der Waals surface area (Å²) < 4.78 is 11.2. The molecule has 0 radical (unpaired) electrons. The van der Waals surface area contributed by atoms with E-state index < -0.39 is 11.8 Å². The van der Waals surface area contributed by atoms with Gasteiger partial charge < -0.3 is 24.3 Å². The summed E-state index contributed by atoms with van der Waals surface area (Å²) >= 11 is 0. The summed E-state index contributed by atoms with van der Waals surface area (Å²) in [5.41, 5.74) is 3.36. The van der Waals surface area contributed by atoms with Crippen LogP contribution in [-0.4, -0.2) is 53.5 Å². The molecule has 0 saturated carbocycles. The molecule has 9 nitrogen and oxygen atoms in total. The van der Waals surface area contributed by atoms with E-state index in [1.54, 1.807) is 17.0 Å². The first-order valence-corrected chi connectivity index (χ1v) is 12.3. The van der Waals surface area contributed by atoms with Crippen LogP contribution in [0, 0.1) is 11.3 Å². The second kappa shape index (κ2) is 10.5. The van der Waals surface area contributed by atoms with Crippen molar-refractivity contribution in [3.05, 3.63) is 46.5 Å². The van der Waals surface area contributed by atoms with Gasteiger partial charge in [-0.1, -0.05) is 13.3 Å². The van der Waals surface area contributed by atoms with Crippen LogP contribution in [-0.2, 0) is 40.3 Å². The number of hydrogen-bond donors (Lipinski definition) is 1. The largest absolute Gasteiger partial charge is 0.467 e. The zero-order valence-corrected chi connectivity index (χ0v) is 20.7. The lowest BCUT2D eigenvalue weighted by Gasteiger charge is -2.38. The van der Waals surface area contributed by atoms with Crippen LogP contribution < -0.4 is 10.2 Å². The van der Waals surface area contributed by atoms with Crippen LogP contribution in [0.5, 0.6) is 0 Å². The summed E-state index contributed by atoms with van der Waals surface area (Å²) in [4.78, 5) is 33.6. The van der Waals surface area contributed by atoms with Crippen molar-refractivity contribution in [3.63, 3.8) is 0 Å². The number of hydrogen-bond acceptors (Lipinski definition) is 7. The average Bonchev–Trinajstić information content (AvgIpc) is 3.38. The predicted molar refractivity (Wildman–Crippen MR) is 129 cm³/mol. The van der Waals surface area contributed by atoms with Gasteiger partial charge in [-0.25, -0.2) is 4.98 Å². The number of furan rings is 1. The number of nitrogens with one attached hydrogen (secondary N) is 1. The van der Waals surface area contributed by atoms with Gasteiger partial charge in [0.25, 0.3) is 0 Å². The number of carbonyl (C=O) groups excluding carboxylic acids is 2. The van der Waals surface area contributed by atoms with Crippen LogP contribution in [0.2, 0.25) is 0 Å². The maximum Gasteiger partial charge on any atom is 0.312 e. The van der Waals surface area contributed by atoms with E-state index in [1.807, 2.05) is 13.8 Å². The molecule has 0 bridgehead atoms. The first kappa shape index (κ1) is 24.7. The molecule has 1 fully saturated rings. The SMILES string of the molecule is CCCCc1nc(N2CCN(C(=O)C(=O)NCc3ccco3)CC2)c(C#N)c2c1COC(C)(C)C2. The van der Waals surface area contributed by atoms with E-state index in [4.69, 9.17) is 14.1 Å². The normalized spacial score (nSPS) is 17.0. The number of unbranched alkanes of at least 4 members (excludes halogenated alkanes) is 1. The molecule has 4 heterocycles. The number of carbonyl (C=O) groups is 2. The molecule has 186 valence electrons. The van der Waals surface area contributed by atoms with E-state index in [-0.39, 0.29) is 12.1 Å². The second-order valence-electron chi connectivity index (χ2n) is 9.70. The van der Waals surface area contributed by atoms with Gasteiger partial charge in [0.05, 0.1) is 30.6 Å². The lowest BCUT2D eigenvalue weighted by atomic mass is 9.87. The van der Waals surface area contributed by atoms with Gasteiger partial charge in [0, 0.05) is 43.9 Å². The Bertz CT molecular complexity index is 1110. The van der Waals surface area contributed by atoms with Crippen LogP contribution >= 0.6 is 0 Å². The Hall–Kier alpha value is -3.38. The van der Waals surface area contributed by atoms with Crippen LogP contribution in [0.15, 0.2) is 22.8 Å². The van der Waals surface area contributed by atoms with Gasteiger partial charge in [-0.3, -0.25) is 9.59 Å². The Morgan fingerprint density at radius 2 is 2.00 bits per heavy atom. The van der Waals surface area contributed by atoms with Crippen molar-refractivity contribution in [1.82, 2.24) is 15.2 Å². The highest BCUT2D eigenvalue weighted by Gasteiger charge is 2.34. The summed E-state index contributed by atoms with van der Waals surface area (Å²) in [6.07, 6.45) is 5.10. The van der Waals surface area contributed by atoms with Crippen LogP contribution in [0.3, 0.4) is 0 Å². The molecule has 9 heteroatoms.